The summed E-state index contributed by atoms with van der Waals surface area (Å²) in [4.78, 5) is 24.5. The molecule has 1 atom stereocenters. The van der Waals surface area contributed by atoms with Crippen LogP contribution in [0.1, 0.15) is 13.0 Å². The molecule has 0 aliphatic heterocycles. The van der Waals surface area contributed by atoms with Crippen LogP contribution in [0.3, 0.4) is 0 Å². The summed E-state index contributed by atoms with van der Waals surface area (Å²) < 4.78 is 1.16. The van der Waals surface area contributed by atoms with E-state index in [1.54, 1.807) is 6.92 Å². The Balaban J connectivity index is 2.15. The van der Waals surface area contributed by atoms with Crippen LogP contribution in [0, 0.1) is 0 Å². The van der Waals surface area contributed by atoms with Crippen molar-refractivity contribution in [3.05, 3.63) is 32.8 Å². The smallest absolute Gasteiger partial charge is 0.314 e. The molecule has 3 rings (SSSR count). The van der Waals surface area contributed by atoms with Crippen molar-refractivity contribution in [3.8, 4) is 0 Å². The van der Waals surface area contributed by atoms with Gasteiger partial charge in [-0.05, 0) is 29.1 Å². The van der Waals surface area contributed by atoms with E-state index in [0.717, 1.165) is 4.68 Å². The Hall–Kier alpha value is -3.64. The lowest BCUT2D eigenvalue weighted by atomic mass is 10.2. The van der Waals surface area contributed by atoms with Crippen molar-refractivity contribution in [3.63, 3.8) is 0 Å². The van der Waals surface area contributed by atoms with Crippen molar-refractivity contribution in [2.45, 2.75) is 13.0 Å². The highest BCUT2D eigenvalue weighted by Crippen LogP contribution is 2.14. The van der Waals surface area contributed by atoms with E-state index in [-0.39, 0.29) is 39.2 Å². The van der Waals surface area contributed by atoms with Gasteiger partial charge in [-0.3, -0.25) is 15.0 Å². The van der Waals surface area contributed by atoms with Gasteiger partial charge < -0.3 is 11.0 Å². The van der Waals surface area contributed by atoms with E-state index in [0.29, 0.717) is 0 Å². The molecular formula is C11H12N10O3. The first-order chi connectivity index (χ1) is 11.5. The third-order valence-corrected chi connectivity index (χ3v) is 3.38. The van der Waals surface area contributed by atoms with Crippen molar-refractivity contribution in [2.24, 2.45) is 16.3 Å². The second-order valence-electron chi connectivity index (χ2n) is 4.94. The summed E-state index contributed by atoms with van der Waals surface area (Å²) in [6, 6.07) is 2.33. The van der Waals surface area contributed by atoms with Crippen LogP contribution < -0.4 is 22.4 Å². The molecule has 0 bridgehead atoms. The third-order valence-electron chi connectivity index (χ3n) is 3.38. The largest absolute Gasteiger partial charge is 0.407 e. The van der Waals surface area contributed by atoms with E-state index in [1.165, 1.54) is 12.1 Å². The van der Waals surface area contributed by atoms with Gasteiger partial charge in [-0.25, -0.2) is 4.68 Å². The second-order valence-corrected chi connectivity index (χ2v) is 4.94. The van der Waals surface area contributed by atoms with Gasteiger partial charge in [0.1, 0.15) is 11.0 Å². The number of hydrogen-bond donors (Lipinski definition) is 3. The van der Waals surface area contributed by atoms with Gasteiger partial charge in [-0.2, -0.15) is 0 Å². The SMILES string of the molecule is CC(CN/N=N\N)n1nnc2cc3c(=O)n(O)nnc3cc2c1=O. The molecule has 1 aromatic carbocycles. The van der Waals surface area contributed by atoms with Crippen LogP contribution >= 0.6 is 0 Å². The molecule has 2 heterocycles. The predicted molar refractivity (Wildman–Crippen MR) is 80.1 cm³/mol. The summed E-state index contributed by atoms with van der Waals surface area (Å²) in [5, 5.41) is 30.7. The summed E-state index contributed by atoms with van der Waals surface area (Å²) in [6.45, 7) is 1.98. The molecule has 13 heteroatoms. The van der Waals surface area contributed by atoms with Gasteiger partial charge >= 0.3 is 5.56 Å². The lowest BCUT2D eigenvalue weighted by Gasteiger charge is -2.12. The molecule has 0 fully saturated rings. The molecule has 0 amide bonds. The van der Waals surface area contributed by atoms with Crippen molar-refractivity contribution in [2.75, 3.05) is 6.54 Å². The van der Waals surface area contributed by atoms with Crippen LogP contribution in [0.5, 0.6) is 0 Å². The number of rotatable bonds is 4. The maximum Gasteiger partial charge on any atom is 0.314 e. The third kappa shape index (κ3) is 2.47. The lowest BCUT2D eigenvalue weighted by molar-refractivity contribution is 0.127. The summed E-state index contributed by atoms with van der Waals surface area (Å²) >= 11 is 0. The van der Waals surface area contributed by atoms with Gasteiger partial charge in [0, 0.05) is 0 Å². The van der Waals surface area contributed by atoms with Crippen LogP contribution in [0.2, 0.25) is 0 Å². The number of nitrogens with zero attached hydrogens (tertiary/aromatic N) is 8. The monoisotopic (exact) mass is 332 g/mol. The number of benzene rings is 1. The molecule has 0 aliphatic rings. The first-order valence-corrected chi connectivity index (χ1v) is 6.74. The molecule has 13 nitrogen and oxygen atoms in total. The van der Waals surface area contributed by atoms with Crippen molar-refractivity contribution in [1.29, 1.82) is 0 Å². The topological polar surface area (TPSA) is 179 Å². The van der Waals surface area contributed by atoms with Crippen molar-refractivity contribution in [1.82, 2.24) is 35.6 Å². The zero-order valence-corrected chi connectivity index (χ0v) is 12.4. The van der Waals surface area contributed by atoms with Gasteiger partial charge in [0.2, 0.25) is 0 Å². The van der Waals surface area contributed by atoms with Crippen LogP contribution in [-0.4, -0.2) is 41.9 Å². The highest BCUT2D eigenvalue weighted by atomic mass is 16.5. The zero-order chi connectivity index (χ0) is 17.3. The summed E-state index contributed by atoms with van der Waals surface area (Å²) in [6.07, 6.45) is 0. The fraction of sp³-hybridized carbons (Fsp3) is 0.273. The molecule has 0 aliphatic carbocycles. The molecule has 4 N–H and O–H groups in total. The zero-order valence-electron chi connectivity index (χ0n) is 12.4. The van der Waals surface area contributed by atoms with Crippen LogP contribution in [0.25, 0.3) is 21.8 Å². The van der Waals surface area contributed by atoms with Crippen LogP contribution in [0.4, 0.5) is 0 Å². The van der Waals surface area contributed by atoms with Gasteiger partial charge in [0.15, 0.2) is 0 Å². The van der Waals surface area contributed by atoms with E-state index in [2.05, 4.69) is 36.5 Å². The summed E-state index contributed by atoms with van der Waals surface area (Å²) in [7, 11) is 0. The minimum atomic E-state index is -0.766. The Morgan fingerprint density at radius 1 is 1.21 bits per heavy atom. The minimum absolute atomic E-state index is 0.0736. The maximum atomic E-state index is 12.6. The molecule has 0 saturated heterocycles. The molecule has 1 unspecified atom stereocenters. The molecule has 124 valence electrons. The molecule has 3 aromatic rings. The molecule has 0 saturated carbocycles. The van der Waals surface area contributed by atoms with Crippen LogP contribution in [-0.2, 0) is 0 Å². The first-order valence-electron chi connectivity index (χ1n) is 6.74. The average Bonchev–Trinajstić information content (AvgIpc) is 2.58. The highest BCUT2D eigenvalue weighted by molar-refractivity contribution is 5.93. The van der Waals surface area contributed by atoms with Gasteiger partial charge in [0.05, 0.1) is 23.4 Å². The van der Waals surface area contributed by atoms with E-state index in [9.17, 15) is 14.8 Å². The molecule has 0 radical (unpaired) electrons. The Kier molecular flexibility index (Phi) is 3.73. The molecule has 2 aromatic heterocycles. The fourth-order valence-corrected chi connectivity index (χ4v) is 2.17. The predicted octanol–water partition coefficient (Wildman–Crippen LogP) is -1.47. The Labute approximate surface area is 132 Å². The standard InChI is InChI=1S/C11H12N10O3/c1-5(4-13-17-16-12)20-10(22)6-2-9-7(3-8(6)14-18-20)11(23)21(24)19-15-9/h2-3,5,24H,4H2,1H3,(H2,12,17)(H,13,16). The minimum Gasteiger partial charge on any atom is -0.407 e. The summed E-state index contributed by atoms with van der Waals surface area (Å²) in [5.74, 6) is 4.87. The first kappa shape index (κ1) is 15.3. The number of hydrogen-bond acceptors (Lipinski definition) is 9. The Morgan fingerprint density at radius 2 is 1.83 bits per heavy atom. The van der Waals surface area contributed by atoms with E-state index < -0.39 is 11.1 Å². The van der Waals surface area contributed by atoms with Crippen molar-refractivity contribution < 1.29 is 5.21 Å². The van der Waals surface area contributed by atoms with E-state index >= 15 is 0 Å². The lowest BCUT2D eigenvalue weighted by Crippen LogP contribution is -2.32. The Morgan fingerprint density at radius 3 is 2.50 bits per heavy atom. The van der Waals surface area contributed by atoms with Crippen molar-refractivity contribution >= 4 is 21.8 Å². The van der Waals surface area contributed by atoms with Gasteiger partial charge in [0.25, 0.3) is 5.56 Å². The van der Waals surface area contributed by atoms with E-state index in [4.69, 9.17) is 5.84 Å². The van der Waals surface area contributed by atoms with E-state index in [1.807, 2.05) is 0 Å². The maximum absolute atomic E-state index is 12.6. The van der Waals surface area contributed by atoms with Gasteiger partial charge in [-0.15, -0.1) is 10.2 Å². The highest BCUT2D eigenvalue weighted by Gasteiger charge is 2.14. The number of nitrogens with two attached hydrogens (primary N) is 1. The Bertz CT molecular complexity index is 1060. The number of nitrogens with one attached hydrogen (secondary N) is 1. The summed E-state index contributed by atoms with van der Waals surface area (Å²) in [5.41, 5.74) is 1.75. The quantitative estimate of drug-likeness (QED) is 0.169. The van der Waals surface area contributed by atoms with Gasteiger partial charge in [-0.1, -0.05) is 15.7 Å². The fourth-order valence-electron chi connectivity index (χ4n) is 2.17. The second kappa shape index (κ2) is 5.86. The average molecular weight is 332 g/mol. The normalized spacial score (nSPS) is 12.9. The molecule has 0 spiro atoms. The molecule has 24 heavy (non-hydrogen) atoms. The molecular weight excluding hydrogens is 320 g/mol. The number of fused-ring (bicyclic) bond motifs is 2. The number of aromatic nitrogens is 6. The van der Waals surface area contributed by atoms with Crippen LogP contribution in [0.15, 0.2) is 32.2 Å².